The molecule has 0 radical (unpaired) electrons. The molecule has 2 N–H and O–H groups in total. The highest BCUT2D eigenvalue weighted by atomic mass is 16.5. The van der Waals surface area contributed by atoms with Crippen LogP contribution in [0.25, 0.3) is 10.8 Å². The van der Waals surface area contributed by atoms with Gasteiger partial charge in [-0.05, 0) is 22.8 Å². The van der Waals surface area contributed by atoms with E-state index in [1.807, 2.05) is 31.2 Å². The van der Waals surface area contributed by atoms with Crippen molar-refractivity contribution in [2.75, 3.05) is 0 Å². The van der Waals surface area contributed by atoms with Gasteiger partial charge in [-0.15, -0.1) is 0 Å². The average Bonchev–Trinajstić information content (AvgIpc) is 2.29. The third kappa shape index (κ3) is 2.23. The van der Waals surface area contributed by atoms with Crippen molar-refractivity contribution in [2.24, 2.45) is 5.92 Å². The van der Waals surface area contributed by atoms with E-state index in [-0.39, 0.29) is 5.92 Å². The number of fused-ring (bicyclic) bond motifs is 1. The summed E-state index contributed by atoms with van der Waals surface area (Å²) >= 11 is 0. The first-order valence-corrected chi connectivity index (χ1v) is 5.51. The van der Waals surface area contributed by atoms with Crippen LogP contribution >= 0.6 is 0 Å². The van der Waals surface area contributed by atoms with Gasteiger partial charge in [-0.3, -0.25) is 0 Å². The standard InChI is InChI=1S/C14H16O2/c1-10(14(15)16)9-12-7-4-6-11-5-2-3-8-13(11)12/h2-8,10,14-16H,9H2,1H3. The lowest BCUT2D eigenvalue weighted by Gasteiger charge is -2.14. The van der Waals surface area contributed by atoms with E-state index in [0.717, 1.165) is 0 Å². The van der Waals surface area contributed by atoms with Crippen molar-refractivity contribution >= 4 is 10.8 Å². The fraction of sp³-hybridized carbons (Fsp3) is 0.286. The lowest BCUT2D eigenvalue weighted by Crippen LogP contribution is -2.18. The summed E-state index contributed by atoms with van der Waals surface area (Å²) in [5.41, 5.74) is 1.17. The highest BCUT2D eigenvalue weighted by molar-refractivity contribution is 5.85. The van der Waals surface area contributed by atoms with Crippen molar-refractivity contribution in [2.45, 2.75) is 19.6 Å². The van der Waals surface area contributed by atoms with Crippen molar-refractivity contribution in [1.29, 1.82) is 0 Å². The Labute approximate surface area is 95.2 Å². The second kappa shape index (κ2) is 4.64. The Hall–Kier alpha value is -1.38. The van der Waals surface area contributed by atoms with E-state index in [1.165, 1.54) is 16.3 Å². The summed E-state index contributed by atoms with van der Waals surface area (Å²) in [5, 5.41) is 20.6. The van der Waals surface area contributed by atoms with E-state index < -0.39 is 6.29 Å². The normalized spacial score (nSPS) is 13.2. The van der Waals surface area contributed by atoms with Crippen molar-refractivity contribution in [3.8, 4) is 0 Å². The Bertz CT molecular complexity index is 472. The molecule has 2 aromatic rings. The fourth-order valence-electron chi connectivity index (χ4n) is 1.92. The molecule has 1 atom stereocenters. The Morgan fingerprint density at radius 2 is 1.69 bits per heavy atom. The van der Waals surface area contributed by atoms with E-state index in [2.05, 4.69) is 18.2 Å². The Morgan fingerprint density at radius 3 is 2.44 bits per heavy atom. The number of aliphatic hydroxyl groups is 2. The molecule has 0 spiro atoms. The molecule has 0 aliphatic heterocycles. The highest BCUT2D eigenvalue weighted by Gasteiger charge is 2.12. The van der Waals surface area contributed by atoms with Gasteiger partial charge >= 0.3 is 0 Å². The van der Waals surface area contributed by atoms with Gasteiger partial charge in [0.2, 0.25) is 0 Å². The molecule has 2 nitrogen and oxygen atoms in total. The molecule has 0 amide bonds. The first kappa shape index (κ1) is 11.1. The maximum absolute atomic E-state index is 9.11. The van der Waals surface area contributed by atoms with Gasteiger partial charge in [-0.25, -0.2) is 0 Å². The van der Waals surface area contributed by atoms with E-state index in [9.17, 15) is 0 Å². The zero-order chi connectivity index (χ0) is 11.5. The third-order valence-corrected chi connectivity index (χ3v) is 2.93. The van der Waals surface area contributed by atoms with E-state index in [1.54, 1.807) is 0 Å². The first-order valence-electron chi connectivity index (χ1n) is 5.51. The largest absolute Gasteiger partial charge is 0.368 e. The fourth-order valence-corrected chi connectivity index (χ4v) is 1.92. The average molecular weight is 216 g/mol. The van der Waals surface area contributed by atoms with Crippen LogP contribution < -0.4 is 0 Å². The SMILES string of the molecule is CC(Cc1cccc2ccccc12)C(O)O. The molecule has 2 aromatic carbocycles. The molecule has 2 heteroatoms. The molecule has 0 saturated heterocycles. The molecule has 0 bridgehead atoms. The summed E-state index contributed by atoms with van der Waals surface area (Å²) < 4.78 is 0. The van der Waals surface area contributed by atoms with E-state index in [4.69, 9.17) is 10.2 Å². The number of hydrogen-bond acceptors (Lipinski definition) is 2. The van der Waals surface area contributed by atoms with Crippen LogP contribution in [-0.2, 0) is 6.42 Å². The predicted molar refractivity (Wildman–Crippen MR) is 65.0 cm³/mol. The smallest absolute Gasteiger partial charge is 0.154 e. The van der Waals surface area contributed by atoms with Crippen molar-refractivity contribution in [3.63, 3.8) is 0 Å². The molecule has 16 heavy (non-hydrogen) atoms. The van der Waals surface area contributed by atoms with Gasteiger partial charge in [-0.2, -0.15) is 0 Å². The summed E-state index contributed by atoms with van der Waals surface area (Å²) in [6.07, 6.45) is -0.571. The summed E-state index contributed by atoms with van der Waals surface area (Å²) in [4.78, 5) is 0. The number of benzene rings is 2. The first-order chi connectivity index (χ1) is 7.68. The van der Waals surface area contributed by atoms with Crippen LogP contribution in [0.5, 0.6) is 0 Å². The number of rotatable bonds is 3. The molecule has 0 heterocycles. The van der Waals surface area contributed by atoms with Gasteiger partial charge < -0.3 is 10.2 Å². The van der Waals surface area contributed by atoms with Crippen LogP contribution in [0.2, 0.25) is 0 Å². The minimum Gasteiger partial charge on any atom is -0.368 e. The van der Waals surface area contributed by atoms with Gasteiger partial charge in [0, 0.05) is 5.92 Å². The molecule has 2 rings (SSSR count). The maximum Gasteiger partial charge on any atom is 0.154 e. The zero-order valence-electron chi connectivity index (χ0n) is 9.30. The molecule has 1 unspecified atom stereocenters. The van der Waals surface area contributed by atoms with Crippen LogP contribution in [0.15, 0.2) is 42.5 Å². The van der Waals surface area contributed by atoms with Gasteiger partial charge in [0.1, 0.15) is 0 Å². The summed E-state index contributed by atoms with van der Waals surface area (Å²) in [6, 6.07) is 14.3. The minimum absolute atomic E-state index is 0.147. The van der Waals surface area contributed by atoms with Crippen LogP contribution in [0, 0.1) is 5.92 Å². The molecule has 0 aromatic heterocycles. The molecular formula is C14H16O2. The Kier molecular flexibility index (Phi) is 3.22. The third-order valence-electron chi connectivity index (χ3n) is 2.93. The van der Waals surface area contributed by atoms with Crippen molar-refractivity contribution in [3.05, 3.63) is 48.0 Å². The van der Waals surface area contributed by atoms with E-state index >= 15 is 0 Å². The second-order valence-electron chi connectivity index (χ2n) is 4.23. The quantitative estimate of drug-likeness (QED) is 0.773. The Morgan fingerprint density at radius 1 is 1.00 bits per heavy atom. The molecule has 0 aliphatic carbocycles. The molecule has 0 fully saturated rings. The topological polar surface area (TPSA) is 40.5 Å². The summed E-state index contributed by atoms with van der Waals surface area (Å²) in [5.74, 6) is -0.147. The molecule has 0 saturated carbocycles. The van der Waals surface area contributed by atoms with Crippen molar-refractivity contribution in [1.82, 2.24) is 0 Å². The maximum atomic E-state index is 9.11. The monoisotopic (exact) mass is 216 g/mol. The number of hydrogen-bond donors (Lipinski definition) is 2. The van der Waals surface area contributed by atoms with Gasteiger partial charge in [0.25, 0.3) is 0 Å². The molecular weight excluding hydrogens is 200 g/mol. The van der Waals surface area contributed by atoms with Crippen LogP contribution in [0.1, 0.15) is 12.5 Å². The van der Waals surface area contributed by atoms with Gasteiger partial charge in [0.05, 0.1) is 0 Å². The van der Waals surface area contributed by atoms with Gasteiger partial charge in [0.15, 0.2) is 6.29 Å². The predicted octanol–water partition coefficient (Wildman–Crippen LogP) is 2.33. The lowest BCUT2D eigenvalue weighted by atomic mass is 9.96. The number of aliphatic hydroxyl groups excluding tert-OH is 1. The lowest BCUT2D eigenvalue weighted by molar-refractivity contribution is -0.0779. The molecule has 0 aliphatic rings. The zero-order valence-corrected chi connectivity index (χ0v) is 9.30. The highest BCUT2D eigenvalue weighted by Crippen LogP contribution is 2.21. The second-order valence-corrected chi connectivity index (χ2v) is 4.23. The molecule has 84 valence electrons. The minimum atomic E-state index is -1.25. The van der Waals surface area contributed by atoms with Gasteiger partial charge in [-0.1, -0.05) is 49.4 Å². The van der Waals surface area contributed by atoms with E-state index in [0.29, 0.717) is 6.42 Å². The van der Waals surface area contributed by atoms with Crippen molar-refractivity contribution < 1.29 is 10.2 Å². The summed E-state index contributed by atoms with van der Waals surface area (Å²) in [7, 11) is 0. The summed E-state index contributed by atoms with van der Waals surface area (Å²) in [6.45, 7) is 1.84. The van der Waals surface area contributed by atoms with Crippen LogP contribution in [-0.4, -0.2) is 16.5 Å². The Balaban J connectivity index is 2.37. The van der Waals surface area contributed by atoms with Crippen LogP contribution in [0.4, 0.5) is 0 Å². The van der Waals surface area contributed by atoms with Crippen LogP contribution in [0.3, 0.4) is 0 Å².